The Bertz CT molecular complexity index is 1180. The SMILES string of the molecule is COc1cc2ccc(=O)oc2cc1O[C@H]1O[C@@H](CO[C@@H]2O[C@H](C)[C@@H](O)[C@@H](O)[C@@H]2O)[C@H](O)[C@@H](O)[C@@H]1OC(C)=O. The van der Waals surface area contributed by atoms with Crippen molar-refractivity contribution >= 4 is 16.9 Å². The van der Waals surface area contributed by atoms with Gasteiger partial charge in [-0.25, -0.2) is 4.79 Å². The zero-order chi connectivity index (χ0) is 27.7. The fourth-order valence-electron chi connectivity index (χ4n) is 4.25. The summed E-state index contributed by atoms with van der Waals surface area (Å²) in [6, 6.07) is 5.65. The minimum Gasteiger partial charge on any atom is -0.493 e. The molecule has 0 amide bonds. The molecule has 10 atom stereocenters. The van der Waals surface area contributed by atoms with Crippen LogP contribution in [-0.2, 0) is 23.7 Å². The van der Waals surface area contributed by atoms with E-state index < -0.39 is 79.6 Å². The average molecular weight is 542 g/mol. The molecule has 1 aromatic heterocycles. The Kier molecular flexibility index (Phi) is 8.54. The summed E-state index contributed by atoms with van der Waals surface area (Å²) in [6.07, 6.45) is -14.4. The predicted molar refractivity (Wildman–Crippen MR) is 124 cm³/mol. The summed E-state index contributed by atoms with van der Waals surface area (Å²) in [4.78, 5) is 23.4. The predicted octanol–water partition coefficient (Wildman–Crippen LogP) is -1.60. The second-order valence-corrected chi connectivity index (χ2v) is 9.03. The van der Waals surface area contributed by atoms with Crippen LogP contribution in [0.15, 0.2) is 33.5 Å². The maximum atomic E-state index is 11.7. The van der Waals surface area contributed by atoms with E-state index in [1.54, 1.807) is 0 Å². The fourth-order valence-corrected chi connectivity index (χ4v) is 4.25. The molecule has 0 unspecified atom stereocenters. The van der Waals surface area contributed by atoms with Crippen LogP contribution in [0.3, 0.4) is 0 Å². The molecule has 2 aromatic rings. The van der Waals surface area contributed by atoms with Gasteiger partial charge in [0, 0.05) is 24.4 Å². The lowest BCUT2D eigenvalue weighted by atomic mass is 9.98. The van der Waals surface area contributed by atoms with Gasteiger partial charge in [0.2, 0.25) is 6.29 Å². The minimum absolute atomic E-state index is 0.0109. The molecule has 2 aliphatic heterocycles. The van der Waals surface area contributed by atoms with Crippen molar-refractivity contribution in [2.24, 2.45) is 0 Å². The fraction of sp³-hybridized carbons (Fsp3) is 0.583. The third kappa shape index (κ3) is 5.77. The number of fused-ring (bicyclic) bond motifs is 1. The van der Waals surface area contributed by atoms with Crippen molar-refractivity contribution in [3.8, 4) is 11.5 Å². The summed E-state index contributed by atoms with van der Waals surface area (Å²) in [5, 5.41) is 52.0. The molecule has 14 nitrogen and oxygen atoms in total. The Morgan fingerprint density at radius 1 is 0.921 bits per heavy atom. The third-order valence-corrected chi connectivity index (χ3v) is 6.33. The number of hydrogen-bond acceptors (Lipinski definition) is 14. The van der Waals surface area contributed by atoms with Crippen LogP contribution in [0.25, 0.3) is 11.0 Å². The number of benzene rings is 1. The Labute approximate surface area is 215 Å². The van der Waals surface area contributed by atoms with Gasteiger partial charge in [0.1, 0.15) is 42.2 Å². The molecule has 0 saturated carbocycles. The lowest BCUT2D eigenvalue weighted by molar-refractivity contribution is -0.319. The molecule has 2 aliphatic rings. The molecule has 0 radical (unpaired) electrons. The van der Waals surface area contributed by atoms with Gasteiger partial charge >= 0.3 is 11.6 Å². The first kappa shape index (κ1) is 28.2. The van der Waals surface area contributed by atoms with E-state index in [4.69, 9.17) is 32.8 Å². The van der Waals surface area contributed by atoms with Gasteiger partial charge < -0.3 is 58.4 Å². The molecule has 0 bridgehead atoms. The van der Waals surface area contributed by atoms with Crippen molar-refractivity contribution in [1.82, 2.24) is 0 Å². The number of methoxy groups -OCH3 is 1. The lowest BCUT2D eigenvalue weighted by Crippen LogP contribution is -2.62. The molecule has 0 spiro atoms. The standard InChI is InChI=1S/C24H30O14/c1-9-17(27)19(29)21(31)23(34-9)33-8-15-18(28)20(30)22(35-10(2)25)24(38-15)37-14-7-12-11(6-13(14)32-3)4-5-16(26)36-12/h4-7,9,15,17-24,27-31H,8H2,1-3H3/t9-,15+,17-,18+,19-,20-,21+,22+,23-,24+/m1/s1. The maximum Gasteiger partial charge on any atom is 0.336 e. The number of carbonyl (C=O) groups is 1. The zero-order valence-electron chi connectivity index (χ0n) is 20.7. The van der Waals surface area contributed by atoms with Crippen LogP contribution in [0, 0.1) is 0 Å². The molecule has 2 saturated heterocycles. The highest BCUT2D eigenvalue weighted by molar-refractivity contribution is 5.80. The Morgan fingerprint density at radius 2 is 1.66 bits per heavy atom. The summed E-state index contributed by atoms with van der Waals surface area (Å²) in [5.41, 5.74) is -0.443. The van der Waals surface area contributed by atoms with Crippen LogP contribution in [0.2, 0.25) is 0 Å². The molecule has 2 fully saturated rings. The molecule has 5 N–H and O–H groups in total. The van der Waals surface area contributed by atoms with E-state index in [0.29, 0.717) is 5.39 Å². The maximum absolute atomic E-state index is 11.7. The van der Waals surface area contributed by atoms with Crippen LogP contribution >= 0.6 is 0 Å². The molecular formula is C24H30O14. The highest BCUT2D eigenvalue weighted by atomic mass is 16.7. The van der Waals surface area contributed by atoms with Gasteiger partial charge in [0.25, 0.3) is 0 Å². The van der Waals surface area contributed by atoms with E-state index in [-0.39, 0.29) is 17.1 Å². The summed E-state index contributed by atoms with van der Waals surface area (Å²) in [7, 11) is 1.37. The van der Waals surface area contributed by atoms with Crippen molar-refractivity contribution in [2.75, 3.05) is 13.7 Å². The number of carbonyl (C=O) groups excluding carboxylic acids is 1. The highest BCUT2D eigenvalue weighted by Crippen LogP contribution is 2.35. The summed E-state index contributed by atoms with van der Waals surface area (Å²) in [5.74, 6) is -0.577. The van der Waals surface area contributed by atoms with Crippen molar-refractivity contribution in [3.05, 3.63) is 34.7 Å². The smallest absolute Gasteiger partial charge is 0.336 e. The number of aliphatic hydroxyl groups excluding tert-OH is 5. The van der Waals surface area contributed by atoms with Gasteiger partial charge in [0.15, 0.2) is 23.9 Å². The third-order valence-electron chi connectivity index (χ3n) is 6.33. The Morgan fingerprint density at radius 3 is 2.34 bits per heavy atom. The molecule has 14 heteroatoms. The quantitative estimate of drug-likeness (QED) is 0.198. The van der Waals surface area contributed by atoms with Crippen molar-refractivity contribution < 1.29 is 63.2 Å². The van der Waals surface area contributed by atoms with Crippen molar-refractivity contribution in [2.45, 2.75) is 75.3 Å². The molecular weight excluding hydrogens is 512 g/mol. The number of ether oxygens (including phenoxy) is 6. The zero-order valence-corrected chi connectivity index (χ0v) is 20.7. The second kappa shape index (κ2) is 11.5. The van der Waals surface area contributed by atoms with Crippen molar-refractivity contribution in [1.29, 1.82) is 0 Å². The van der Waals surface area contributed by atoms with Gasteiger partial charge in [-0.05, 0) is 19.1 Å². The van der Waals surface area contributed by atoms with Gasteiger partial charge in [-0.3, -0.25) is 4.79 Å². The largest absolute Gasteiger partial charge is 0.493 e. The molecule has 3 heterocycles. The summed E-state index contributed by atoms with van der Waals surface area (Å²) >= 11 is 0. The monoisotopic (exact) mass is 542 g/mol. The molecule has 4 rings (SSSR count). The first-order chi connectivity index (χ1) is 18.0. The molecule has 38 heavy (non-hydrogen) atoms. The van der Waals surface area contributed by atoms with Gasteiger partial charge in [0.05, 0.1) is 19.8 Å². The summed E-state index contributed by atoms with van der Waals surface area (Å²) < 4.78 is 38.2. The Hall–Kier alpha value is -2.82. The molecule has 1 aromatic carbocycles. The second-order valence-electron chi connectivity index (χ2n) is 9.03. The van der Waals surface area contributed by atoms with Gasteiger partial charge in [-0.2, -0.15) is 0 Å². The van der Waals surface area contributed by atoms with Gasteiger partial charge in [-0.1, -0.05) is 0 Å². The number of hydrogen-bond donors (Lipinski definition) is 5. The first-order valence-corrected chi connectivity index (χ1v) is 11.8. The Balaban J connectivity index is 1.57. The van der Waals surface area contributed by atoms with Crippen molar-refractivity contribution in [3.63, 3.8) is 0 Å². The summed E-state index contributed by atoms with van der Waals surface area (Å²) in [6.45, 7) is 2.10. The molecule has 210 valence electrons. The highest BCUT2D eigenvalue weighted by Gasteiger charge is 2.49. The van der Waals surface area contributed by atoms with Crippen LogP contribution in [0.1, 0.15) is 13.8 Å². The topological polar surface area (TPSA) is 204 Å². The number of rotatable bonds is 7. The van der Waals surface area contributed by atoms with E-state index in [2.05, 4.69) is 0 Å². The number of esters is 1. The van der Waals surface area contributed by atoms with E-state index in [1.165, 1.54) is 38.3 Å². The van der Waals surface area contributed by atoms with Crippen LogP contribution in [0.4, 0.5) is 0 Å². The van der Waals surface area contributed by atoms with Crippen LogP contribution in [0.5, 0.6) is 11.5 Å². The number of aliphatic hydroxyl groups is 5. The van der Waals surface area contributed by atoms with E-state index in [0.717, 1.165) is 6.92 Å². The van der Waals surface area contributed by atoms with Crippen LogP contribution in [-0.4, -0.2) is 107 Å². The normalized spacial score (nSPS) is 35.6. The first-order valence-electron chi connectivity index (χ1n) is 11.8. The van der Waals surface area contributed by atoms with E-state index >= 15 is 0 Å². The van der Waals surface area contributed by atoms with E-state index in [1.807, 2.05) is 0 Å². The van der Waals surface area contributed by atoms with Gasteiger partial charge in [-0.15, -0.1) is 0 Å². The average Bonchev–Trinajstić information content (AvgIpc) is 2.88. The minimum atomic E-state index is -1.70. The molecule has 0 aliphatic carbocycles. The van der Waals surface area contributed by atoms with Crippen LogP contribution < -0.4 is 15.1 Å². The van der Waals surface area contributed by atoms with E-state index in [9.17, 15) is 35.1 Å². The lowest BCUT2D eigenvalue weighted by Gasteiger charge is -2.43.